The van der Waals surface area contributed by atoms with Crippen LogP contribution in [0.3, 0.4) is 0 Å². The van der Waals surface area contributed by atoms with Crippen molar-refractivity contribution in [3.05, 3.63) is 34.0 Å². The first-order valence-corrected chi connectivity index (χ1v) is 6.80. The first kappa shape index (κ1) is 14.1. The molecule has 0 unspecified atom stereocenters. The summed E-state index contributed by atoms with van der Waals surface area (Å²) in [5, 5.41) is 39.2. The number of benzene rings is 2. The molecule has 0 fully saturated rings. The molecule has 0 radical (unpaired) electrons. The van der Waals surface area contributed by atoms with E-state index in [1.54, 1.807) is 0 Å². The molecular weight excluding hydrogens is 288 g/mol. The molecule has 0 spiro atoms. The summed E-state index contributed by atoms with van der Waals surface area (Å²) in [5.74, 6) is -1.40. The van der Waals surface area contributed by atoms with Crippen molar-refractivity contribution in [2.24, 2.45) is 0 Å². The molecule has 2 aromatic carbocycles. The van der Waals surface area contributed by atoms with Crippen LogP contribution in [-0.4, -0.2) is 20.4 Å². The smallest absolute Gasteiger partial charge is 0.204 e. The minimum atomic E-state index is -0.521. The summed E-state index contributed by atoms with van der Waals surface area (Å²) in [6.07, 6.45) is 1.01. The van der Waals surface area contributed by atoms with Crippen LogP contribution in [-0.2, 0) is 6.42 Å². The first-order chi connectivity index (χ1) is 10.4. The van der Waals surface area contributed by atoms with Crippen LogP contribution in [0.25, 0.3) is 21.9 Å². The lowest BCUT2D eigenvalue weighted by molar-refractivity contribution is 0.399. The molecule has 0 aliphatic heterocycles. The molecule has 6 heteroatoms. The van der Waals surface area contributed by atoms with Crippen molar-refractivity contribution in [1.82, 2.24) is 0 Å². The van der Waals surface area contributed by atoms with Crippen LogP contribution in [0.2, 0.25) is 0 Å². The van der Waals surface area contributed by atoms with E-state index in [0.717, 1.165) is 12.1 Å². The van der Waals surface area contributed by atoms with Gasteiger partial charge in [-0.15, -0.1) is 0 Å². The molecule has 0 aliphatic carbocycles. The van der Waals surface area contributed by atoms with Gasteiger partial charge in [0.25, 0.3) is 0 Å². The average Bonchev–Trinajstić information content (AvgIpc) is 2.43. The fraction of sp³-hybridized carbons (Fsp3) is 0.188. The van der Waals surface area contributed by atoms with E-state index >= 15 is 0 Å². The Kier molecular flexibility index (Phi) is 3.09. The van der Waals surface area contributed by atoms with Gasteiger partial charge in [0.15, 0.2) is 11.5 Å². The van der Waals surface area contributed by atoms with E-state index in [0.29, 0.717) is 12.8 Å². The molecule has 3 rings (SSSR count). The molecule has 0 bridgehead atoms. The van der Waals surface area contributed by atoms with Crippen molar-refractivity contribution in [3.63, 3.8) is 0 Å². The lowest BCUT2D eigenvalue weighted by Gasteiger charge is -2.10. The Bertz CT molecular complexity index is 955. The Labute approximate surface area is 124 Å². The van der Waals surface area contributed by atoms with Gasteiger partial charge in [0, 0.05) is 23.8 Å². The molecule has 1 aromatic heterocycles. The van der Waals surface area contributed by atoms with Gasteiger partial charge in [-0.2, -0.15) is 0 Å². The number of rotatable bonds is 2. The Morgan fingerprint density at radius 2 is 1.64 bits per heavy atom. The topological polar surface area (TPSA) is 111 Å². The molecule has 1 heterocycles. The van der Waals surface area contributed by atoms with Crippen LogP contribution in [0, 0.1) is 0 Å². The third-order valence-electron chi connectivity index (χ3n) is 3.58. The van der Waals surface area contributed by atoms with E-state index in [2.05, 4.69) is 0 Å². The number of aryl methyl sites for hydroxylation is 1. The van der Waals surface area contributed by atoms with Gasteiger partial charge in [-0.05, 0) is 6.42 Å². The molecular formula is C16H14O6. The minimum Gasteiger partial charge on any atom is -0.508 e. The van der Waals surface area contributed by atoms with E-state index in [1.807, 2.05) is 6.92 Å². The molecule has 4 N–H and O–H groups in total. The summed E-state index contributed by atoms with van der Waals surface area (Å²) in [6.45, 7) is 1.87. The highest BCUT2D eigenvalue weighted by atomic mass is 16.3. The lowest BCUT2D eigenvalue weighted by atomic mass is 10.0. The standard InChI is InChI=1S/C16H14O6/c1-2-3-8-13-12(6-10(19)15(8)20)22-11-5-7(17)4-9(18)14(11)16(13)21/h4-6,17-20H,2-3H2,1H3. The van der Waals surface area contributed by atoms with Gasteiger partial charge in [-0.3, -0.25) is 4.79 Å². The highest BCUT2D eigenvalue weighted by Gasteiger charge is 2.20. The van der Waals surface area contributed by atoms with E-state index in [9.17, 15) is 25.2 Å². The highest BCUT2D eigenvalue weighted by molar-refractivity contribution is 5.96. The maximum atomic E-state index is 12.7. The molecule has 3 aromatic rings. The van der Waals surface area contributed by atoms with Crippen molar-refractivity contribution in [2.45, 2.75) is 19.8 Å². The van der Waals surface area contributed by atoms with Crippen LogP contribution in [0.4, 0.5) is 0 Å². The zero-order chi connectivity index (χ0) is 16.0. The van der Waals surface area contributed by atoms with Gasteiger partial charge in [0.05, 0.1) is 5.39 Å². The van der Waals surface area contributed by atoms with Crippen molar-refractivity contribution in [1.29, 1.82) is 0 Å². The van der Waals surface area contributed by atoms with Crippen molar-refractivity contribution in [2.75, 3.05) is 0 Å². The van der Waals surface area contributed by atoms with Gasteiger partial charge < -0.3 is 24.8 Å². The number of aromatic hydroxyl groups is 4. The van der Waals surface area contributed by atoms with Gasteiger partial charge in [0.2, 0.25) is 5.43 Å². The van der Waals surface area contributed by atoms with E-state index in [1.165, 1.54) is 6.07 Å². The quantitative estimate of drug-likeness (QED) is 0.428. The largest absolute Gasteiger partial charge is 0.508 e. The second-order valence-corrected chi connectivity index (χ2v) is 5.12. The molecule has 0 saturated heterocycles. The summed E-state index contributed by atoms with van der Waals surface area (Å²) < 4.78 is 5.52. The third kappa shape index (κ3) is 1.92. The molecule has 0 amide bonds. The molecule has 114 valence electrons. The fourth-order valence-corrected chi connectivity index (χ4v) is 2.65. The summed E-state index contributed by atoms with van der Waals surface area (Å²) in [4.78, 5) is 12.7. The maximum absolute atomic E-state index is 12.7. The Hall–Kier alpha value is -2.89. The molecule has 22 heavy (non-hydrogen) atoms. The number of hydrogen-bond acceptors (Lipinski definition) is 6. The van der Waals surface area contributed by atoms with Crippen molar-refractivity contribution in [3.8, 4) is 23.0 Å². The monoisotopic (exact) mass is 302 g/mol. The SMILES string of the molecule is CCCc1c(O)c(O)cc2oc3cc(O)cc(O)c3c(=O)c12. The molecule has 6 nitrogen and oxygen atoms in total. The average molecular weight is 302 g/mol. The van der Waals surface area contributed by atoms with Gasteiger partial charge in [0.1, 0.15) is 28.1 Å². The summed E-state index contributed by atoms with van der Waals surface area (Å²) in [5.41, 5.74) is -0.156. The molecule has 0 saturated carbocycles. The normalized spacial score (nSPS) is 11.3. The van der Waals surface area contributed by atoms with Crippen LogP contribution in [0.5, 0.6) is 23.0 Å². The Morgan fingerprint density at radius 3 is 2.32 bits per heavy atom. The second-order valence-electron chi connectivity index (χ2n) is 5.12. The molecule has 0 aliphatic rings. The minimum absolute atomic E-state index is 0.00235. The summed E-state index contributed by atoms with van der Waals surface area (Å²) >= 11 is 0. The maximum Gasteiger partial charge on any atom is 0.204 e. The lowest BCUT2D eigenvalue weighted by Crippen LogP contribution is -2.06. The van der Waals surface area contributed by atoms with Crippen molar-refractivity contribution >= 4 is 21.9 Å². The van der Waals surface area contributed by atoms with Gasteiger partial charge >= 0.3 is 0 Å². The van der Waals surface area contributed by atoms with E-state index in [4.69, 9.17) is 4.42 Å². The third-order valence-corrected chi connectivity index (χ3v) is 3.58. The predicted molar refractivity (Wildman–Crippen MR) is 80.6 cm³/mol. The molecule has 0 atom stereocenters. The highest BCUT2D eigenvalue weighted by Crippen LogP contribution is 2.38. The number of fused-ring (bicyclic) bond motifs is 2. The van der Waals surface area contributed by atoms with Gasteiger partial charge in [-0.1, -0.05) is 13.3 Å². The zero-order valence-corrected chi connectivity index (χ0v) is 11.8. The second kappa shape index (κ2) is 4.84. The van der Waals surface area contributed by atoms with Crippen LogP contribution < -0.4 is 5.43 Å². The number of phenols is 4. The Balaban J connectivity index is 2.58. The van der Waals surface area contributed by atoms with Crippen LogP contribution >= 0.6 is 0 Å². The number of phenolic OH excluding ortho intramolecular Hbond substituents is 4. The van der Waals surface area contributed by atoms with Crippen LogP contribution in [0.15, 0.2) is 27.4 Å². The first-order valence-electron chi connectivity index (χ1n) is 6.80. The Morgan fingerprint density at radius 1 is 0.955 bits per heavy atom. The number of hydrogen-bond donors (Lipinski definition) is 4. The summed E-state index contributed by atoms with van der Waals surface area (Å²) in [6, 6.07) is 3.40. The van der Waals surface area contributed by atoms with E-state index in [-0.39, 0.29) is 44.8 Å². The zero-order valence-electron chi connectivity index (χ0n) is 11.8. The van der Waals surface area contributed by atoms with Gasteiger partial charge in [-0.25, -0.2) is 0 Å². The van der Waals surface area contributed by atoms with Crippen LogP contribution in [0.1, 0.15) is 18.9 Å². The predicted octanol–water partition coefficient (Wildman–Crippen LogP) is 2.72. The summed E-state index contributed by atoms with van der Waals surface area (Å²) in [7, 11) is 0. The fourth-order valence-electron chi connectivity index (χ4n) is 2.65. The van der Waals surface area contributed by atoms with E-state index < -0.39 is 11.2 Å². The van der Waals surface area contributed by atoms with Crippen molar-refractivity contribution < 1.29 is 24.8 Å².